The van der Waals surface area contributed by atoms with Crippen molar-refractivity contribution < 1.29 is 8.42 Å². The molecule has 1 N–H and O–H groups in total. The number of hydrogen-bond acceptors (Lipinski definition) is 4. The Morgan fingerprint density at radius 1 is 1.12 bits per heavy atom. The predicted molar refractivity (Wildman–Crippen MR) is 94.0 cm³/mol. The minimum Gasteiger partial charge on any atom is -0.260 e. The number of nitrogens with one attached hydrogen (secondary N) is 1. The standard InChI is InChI=1S/C18H17N3O2S/c1-12(14-10-9-13-5-4-6-15(13)11-14)19-20-18-16-7-2-3-8-17(16)24(22,23)21-18/h2-3,7-11H,4-6H2,1H3,(H,20,21)/b19-12+. The molecule has 0 bridgehead atoms. The molecule has 6 heteroatoms. The van der Waals surface area contributed by atoms with E-state index < -0.39 is 10.0 Å². The van der Waals surface area contributed by atoms with E-state index in [-0.39, 0.29) is 10.7 Å². The molecule has 4 rings (SSSR count). The van der Waals surface area contributed by atoms with Crippen molar-refractivity contribution in [3.8, 4) is 0 Å². The van der Waals surface area contributed by atoms with Crippen LogP contribution in [-0.4, -0.2) is 20.0 Å². The van der Waals surface area contributed by atoms with Gasteiger partial charge >= 0.3 is 0 Å². The first-order valence-electron chi connectivity index (χ1n) is 7.91. The first kappa shape index (κ1) is 15.1. The number of amidine groups is 1. The highest BCUT2D eigenvalue weighted by Gasteiger charge is 2.28. The van der Waals surface area contributed by atoms with E-state index in [0.717, 1.165) is 24.1 Å². The lowest BCUT2D eigenvalue weighted by atomic mass is 10.0. The maximum Gasteiger partial charge on any atom is 0.285 e. The van der Waals surface area contributed by atoms with Crippen LogP contribution in [0.3, 0.4) is 0 Å². The molecule has 5 nitrogen and oxygen atoms in total. The van der Waals surface area contributed by atoms with Gasteiger partial charge in [0.15, 0.2) is 5.84 Å². The van der Waals surface area contributed by atoms with E-state index in [9.17, 15) is 8.42 Å². The van der Waals surface area contributed by atoms with Crippen LogP contribution >= 0.6 is 0 Å². The van der Waals surface area contributed by atoms with Gasteiger partial charge in [0, 0.05) is 5.56 Å². The van der Waals surface area contributed by atoms with E-state index in [1.807, 2.05) is 6.92 Å². The molecule has 1 heterocycles. The lowest BCUT2D eigenvalue weighted by Crippen LogP contribution is -2.19. The fraction of sp³-hybridized carbons (Fsp3) is 0.222. The molecular weight excluding hydrogens is 322 g/mol. The number of hydrogen-bond donors (Lipinski definition) is 1. The molecule has 2 aliphatic rings. The lowest BCUT2D eigenvalue weighted by molar-refractivity contribution is 0.599. The normalized spacial score (nSPS) is 18.0. The second-order valence-electron chi connectivity index (χ2n) is 6.06. The second-order valence-corrected chi connectivity index (χ2v) is 7.63. The summed E-state index contributed by atoms with van der Waals surface area (Å²) < 4.78 is 27.8. The topological polar surface area (TPSA) is 70.9 Å². The number of hydrazone groups is 1. The van der Waals surface area contributed by atoms with E-state index in [1.165, 1.54) is 17.5 Å². The predicted octanol–water partition coefficient (Wildman–Crippen LogP) is 2.64. The molecule has 0 aromatic heterocycles. The molecule has 24 heavy (non-hydrogen) atoms. The largest absolute Gasteiger partial charge is 0.285 e. The van der Waals surface area contributed by atoms with Gasteiger partial charge in [-0.25, -0.2) is 0 Å². The van der Waals surface area contributed by atoms with Crippen LogP contribution in [0.5, 0.6) is 0 Å². The highest BCUT2D eigenvalue weighted by Crippen LogP contribution is 2.25. The maximum atomic E-state index is 12.0. The molecule has 0 radical (unpaired) electrons. The van der Waals surface area contributed by atoms with Crippen LogP contribution < -0.4 is 5.43 Å². The number of sulfonamides is 1. The van der Waals surface area contributed by atoms with E-state index in [2.05, 4.69) is 33.1 Å². The van der Waals surface area contributed by atoms with Crippen molar-refractivity contribution in [3.63, 3.8) is 0 Å². The van der Waals surface area contributed by atoms with E-state index >= 15 is 0 Å². The second kappa shape index (κ2) is 5.56. The Bertz CT molecular complexity index is 991. The quantitative estimate of drug-likeness (QED) is 0.675. The molecule has 0 unspecified atom stereocenters. The Labute approximate surface area is 141 Å². The number of fused-ring (bicyclic) bond motifs is 2. The molecule has 2 aromatic rings. The third kappa shape index (κ3) is 2.53. The van der Waals surface area contributed by atoms with Gasteiger partial charge in [0.1, 0.15) is 4.90 Å². The molecule has 0 atom stereocenters. The number of rotatable bonds is 2. The fourth-order valence-electron chi connectivity index (χ4n) is 3.18. The van der Waals surface area contributed by atoms with Crippen molar-refractivity contribution in [2.45, 2.75) is 31.1 Å². The van der Waals surface area contributed by atoms with Crippen molar-refractivity contribution in [1.29, 1.82) is 0 Å². The third-order valence-corrected chi connectivity index (χ3v) is 5.81. The van der Waals surface area contributed by atoms with Gasteiger partial charge in [-0.3, -0.25) is 5.43 Å². The van der Waals surface area contributed by atoms with E-state index in [0.29, 0.717) is 5.56 Å². The molecular formula is C18H17N3O2S. The highest BCUT2D eigenvalue weighted by atomic mass is 32.2. The van der Waals surface area contributed by atoms with Crippen LogP contribution in [0.1, 0.15) is 35.6 Å². The van der Waals surface area contributed by atoms with Gasteiger partial charge in [0.25, 0.3) is 10.0 Å². The molecule has 0 spiro atoms. The third-order valence-electron chi connectivity index (χ3n) is 4.48. The van der Waals surface area contributed by atoms with Crippen LogP contribution in [-0.2, 0) is 22.9 Å². The SMILES string of the molecule is C/C(=N\NC1=NS(=O)(=O)c2ccccc21)c1ccc2c(c1)CCC2. The van der Waals surface area contributed by atoms with Crippen LogP contribution in [0.2, 0.25) is 0 Å². The summed E-state index contributed by atoms with van der Waals surface area (Å²) in [5.74, 6) is 0.270. The number of nitrogens with zero attached hydrogens (tertiary/aromatic N) is 2. The average Bonchev–Trinajstić information content (AvgIpc) is 3.15. The van der Waals surface area contributed by atoms with Gasteiger partial charge in [0.05, 0.1) is 5.71 Å². The Morgan fingerprint density at radius 2 is 1.92 bits per heavy atom. The molecule has 1 aliphatic carbocycles. The zero-order valence-corrected chi connectivity index (χ0v) is 14.1. The minimum atomic E-state index is -3.62. The van der Waals surface area contributed by atoms with Gasteiger partial charge in [-0.2, -0.15) is 13.5 Å². The number of benzene rings is 2. The summed E-state index contributed by atoms with van der Waals surface area (Å²) in [4.78, 5) is 0.220. The first-order valence-corrected chi connectivity index (χ1v) is 9.35. The Morgan fingerprint density at radius 3 is 2.79 bits per heavy atom. The van der Waals surface area contributed by atoms with Crippen LogP contribution in [0, 0.1) is 0 Å². The highest BCUT2D eigenvalue weighted by molar-refractivity contribution is 7.90. The summed E-state index contributed by atoms with van der Waals surface area (Å²) in [7, 11) is -3.62. The van der Waals surface area contributed by atoms with Gasteiger partial charge in [-0.1, -0.05) is 24.3 Å². The van der Waals surface area contributed by atoms with Gasteiger partial charge in [-0.05, 0) is 61.1 Å². The smallest absolute Gasteiger partial charge is 0.260 e. The Hall–Kier alpha value is -2.47. The van der Waals surface area contributed by atoms with Gasteiger partial charge < -0.3 is 0 Å². The fourth-order valence-corrected chi connectivity index (χ4v) is 4.36. The first-order chi connectivity index (χ1) is 11.5. The zero-order chi connectivity index (χ0) is 16.7. The van der Waals surface area contributed by atoms with Gasteiger partial charge in [0.2, 0.25) is 0 Å². The summed E-state index contributed by atoms with van der Waals surface area (Å²) in [6.45, 7) is 1.90. The molecule has 1 aliphatic heterocycles. The van der Waals surface area contributed by atoms with Crippen molar-refractivity contribution in [1.82, 2.24) is 5.43 Å². The molecule has 122 valence electrons. The van der Waals surface area contributed by atoms with E-state index in [4.69, 9.17) is 0 Å². The van der Waals surface area contributed by atoms with Crippen molar-refractivity contribution in [2.24, 2.45) is 9.50 Å². The summed E-state index contributed by atoms with van der Waals surface area (Å²) in [5, 5.41) is 4.34. The lowest BCUT2D eigenvalue weighted by Gasteiger charge is -2.06. The molecule has 0 fully saturated rings. The summed E-state index contributed by atoms with van der Waals surface area (Å²) in [6, 6.07) is 13.1. The van der Waals surface area contributed by atoms with E-state index in [1.54, 1.807) is 24.3 Å². The maximum absolute atomic E-state index is 12.0. The minimum absolute atomic E-state index is 0.220. The van der Waals surface area contributed by atoms with Crippen LogP contribution in [0.4, 0.5) is 0 Å². The summed E-state index contributed by atoms with van der Waals surface area (Å²) >= 11 is 0. The summed E-state index contributed by atoms with van der Waals surface area (Å²) in [6.07, 6.45) is 3.47. The van der Waals surface area contributed by atoms with Crippen molar-refractivity contribution in [3.05, 3.63) is 64.7 Å². The molecule has 2 aromatic carbocycles. The monoisotopic (exact) mass is 339 g/mol. The van der Waals surface area contributed by atoms with Crippen LogP contribution in [0.15, 0.2) is 56.9 Å². The van der Waals surface area contributed by atoms with Gasteiger partial charge in [-0.15, -0.1) is 4.40 Å². The molecule has 0 amide bonds. The van der Waals surface area contributed by atoms with Crippen molar-refractivity contribution >= 4 is 21.6 Å². The molecule has 0 saturated carbocycles. The summed E-state index contributed by atoms with van der Waals surface area (Å²) in [5.41, 5.74) is 8.02. The molecule has 0 saturated heterocycles. The Kier molecular flexibility index (Phi) is 3.49. The Balaban J connectivity index is 1.62. The van der Waals surface area contributed by atoms with Crippen LogP contribution in [0.25, 0.3) is 0 Å². The average molecular weight is 339 g/mol. The number of aryl methyl sites for hydroxylation is 2. The zero-order valence-electron chi connectivity index (χ0n) is 13.3. The van der Waals surface area contributed by atoms with Crippen molar-refractivity contribution in [2.75, 3.05) is 0 Å².